The van der Waals surface area contributed by atoms with Gasteiger partial charge in [0.2, 0.25) is 0 Å². The minimum atomic E-state index is -0.110. The van der Waals surface area contributed by atoms with Gasteiger partial charge < -0.3 is 20.4 Å². The number of hydrogen-bond acceptors (Lipinski definition) is 6. The van der Waals surface area contributed by atoms with E-state index in [1.165, 1.54) is 13.8 Å². The standard InChI is InChI=1S/2C11H10O2.2C2H5O.Ti/c2*1-7(12)10-6-8-4-2-3-5-9(8)11(10)13;2*1-2-3;/h2*2-5,13H,6H2,1H3;2*2H2,1H3;/q;;2*-1;/p-2. The number of carbonyl (C=O) groups excluding carboxylic acids is 2. The summed E-state index contributed by atoms with van der Waals surface area (Å²) in [4.78, 5) is 22.1. The van der Waals surface area contributed by atoms with Crippen LogP contribution in [0.3, 0.4) is 0 Å². The molecule has 0 bridgehead atoms. The molecule has 0 heterocycles. The first kappa shape index (κ1) is 30.5. The Bertz CT molecular complexity index is 926. The maximum Gasteiger partial charge on any atom is 0.155 e. The monoisotopic (exact) mass is 484 g/mol. The molecule has 0 radical (unpaired) electrons. The molecule has 0 fully saturated rings. The molecule has 0 unspecified atom stereocenters. The Morgan fingerprint density at radius 3 is 1.21 bits per heavy atom. The maximum atomic E-state index is 11.6. The molecule has 0 saturated heterocycles. The Balaban J connectivity index is 0.000000491. The van der Waals surface area contributed by atoms with Crippen LogP contribution in [0.5, 0.6) is 0 Å². The van der Waals surface area contributed by atoms with Crippen LogP contribution in [0.1, 0.15) is 49.9 Å². The second-order valence-corrected chi connectivity index (χ2v) is 6.97. The van der Waals surface area contributed by atoms with Crippen molar-refractivity contribution in [3.05, 3.63) is 81.9 Å². The van der Waals surface area contributed by atoms with Crippen molar-refractivity contribution in [2.24, 2.45) is 0 Å². The van der Waals surface area contributed by atoms with Crippen LogP contribution < -0.4 is 20.4 Å². The van der Waals surface area contributed by atoms with E-state index in [1.807, 2.05) is 36.4 Å². The first-order valence-corrected chi connectivity index (χ1v) is 10.4. The molecule has 176 valence electrons. The van der Waals surface area contributed by atoms with Gasteiger partial charge in [-0.2, -0.15) is 0 Å². The zero-order chi connectivity index (χ0) is 24.3. The fourth-order valence-electron chi connectivity index (χ4n) is 3.23. The van der Waals surface area contributed by atoms with Crippen molar-refractivity contribution in [2.75, 3.05) is 13.2 Å². The summed E-state index contributed by atoms with van der Waals surface area (Å²) in [6.45, 7) is 6.03. The summed E-state index contributed by atoms with van der Waals surface area (Å²) in [5.41, 5.74) is 4.15. The molecule has 0 aliphatic heterocycles. The van der Waals surface area contributed by atoms with E-state index in [0.717, 1.165) is 11.1 Å². The number of ketones is 2. The number of Topliss-reactive ketones (excluding diaryl/α,β-unsaturated/α-hetero) is 2. The minimum Gasteiger partial charge on any atom is -0.872 e. The molecular weight excluding hydrogens is 456 g/mol. The Morgan fingerprint density at radius 2 is 0.970 bits per heavy atom. The molecule has 33 heavy (non-hydrogen) atoms. The van der Waals surface area contributed by atoms with Crippen molar-refractivity contribution in [3.63, 3.8) is 0 Å². The van der Waals surface area contributed by atoms with Crippen LogP contribution in [-0.4, -0.2) is 24.8 Å². The van der Waals surface area contributed by atoms with Gasteiger partial charge in [0.15, 0.2) is 11.6 Å². The molecule has 6 nitrogen and oxygen atoms in total. The van der Waals surface area contributed by atoms with Gasteiger partial charge in [-0.3, -0.25) is 9.59 Å². The van der Waals surface area contributed by atoms with E-state index in [-0.39, 0.29) is 58.0 Å². The quantitative estimate of drug-likeness (QED) is 0.573. The van der Waals surface area contributed by atoms with Gasteiger partial charge in [-0.25, -0.2) is 0 Å². The average Bonchev–Trinajstić information content (AvgIpc) is 3.28. The van der Waals surface area contributed by atoms with Crippen molar-refractivity contribution in [2.45, 2.75) is 40.5 Å². The van der Waals surface area contributed by atoms with Crippen LogP contribution in [0.15, 0.2) is 59.7 Å². The van der Waals surface area contributed by atoms with Gasteiger partial charge in [-0.05, 0) is 47.2 Å². The van der Waals surface area contributed by atoms with E-state index in [4.69, 9.17) is 10.2 Å². The van der Waals surface area contributed by atoms with Crippen molar-refractivity contribution >= 4 is 23.1 Å². The molecule has 2 aliphatic rings. The van der Waals surface area contributed by atoms with E-state index in [1.54, 1.807) is 26.0 Å². The van der Waals surface area contributed by atoms with Crippen LogP contribution in [0.2, 0.25) is 0 Å². The third-order valence-corrected chi connectivity index (χ3v) is 4.66. The first-order chi connectivity index (χ1) is 15.2. The van der Waals surface area contributed by atoms with Crippen LogP contribution in [0.4, 0.5) is 0 Å². The second kappa shape index (κ2) is 15.4. The summed E-state index contributed by atoms with van der Waals surface area (Å²) >= 11 is 0. The Labute approximate surface area is 210 Å². The molecule has 4 rings (SSSR count). The van der Waals surface area contributed by atoms with E-state index >= 15 is 0 Å². The van der Waals surface area contributed by atoms with Crippen LogP contribution in [0, 0.1) is 0 Å². The third-order valence-electron chi connectivity index (χ3n) is 4.66. The van der Waals surface area contributed by atoms with Crippen molar-refractivity contribution < 1.29 is 51.7 Å². The van der Waals surface area contributed by atoms with Gasteiger partial charge in [0, 0.05) is 34.6 Å². The summed E-state index contributed by atoms with van der Waals surface area (Å²) in [6.07, 6.45) is 1.01. The number of allylic oxidation sites excluding steroid dienone is 2. The van der Waals surface area contributed by atoms with E-state index < -0.39 is 0 Å². The molecule has 2 aliphatic carbocycles. The zero-order valence-corrected chi connectivity index (χ0v) is 21.0. The van der Waals surface area contributed by atoms with E-state index in [0.29, 0.717) is 35.1 Å². The molecular formula is C26H28O6Ti-4. The largest absolute Gasteiger partial charge is 0.872 e. The fraction of sp³-hybridized carbons (Fsp3) is 0.308. The molecule has 7 heteroatoms. The predicted molar refractivity (Wildman–Crippen MR) is 117 cm³/mol. The maximum absolute atomic E-state index is 11.6. The van der Waals surface area contributed by atoms with Crippen LogP contribution in [0.25, 0.3) is 11.5 Å². The molecule has 0 N–H and O–H groups in total. The van der Waals surface area contributed by atoms with Crippen LogP contribution in [-0.2, 0) is 44.1 Å². The van der Waals surface area contributed by atoms with Gasteiger partial charge in [0.05, 0.1) is 0 Å². The molecule has 2 aromatic carbocycles. The van der Waals surface area contributed by atoms with Gasteiger partial charge in [-0.1, -0.05) is 73.9 Å². The summed E-state index contributed by atoms with van der Waals surface area (Å²) in [6, 6.07) is 14.7. The number of carbonyl (C=O) groups is 2. The molecule has 2 aromatic rings. The minimum absolute atomic E-state index is 0. The molecule has 0 spiro atoms. The first-order valence-electron chi connectivity index (χ1n) is 10.4. The predicted octanol–water partition coefficient (Wildman–Crippen LogP) is 0.537. The van der Waals surface area contributed by atoms with E-state index in [2.05, 4.69) is 0 Å². The van der Waals surface area contributed by atoms with Gasteiger partial charge in [-0.15, -0.1) is 13.2 Å². The van der Waals surface area contributed by atoms with Crippen molar-refractivity contribution in [3.8, 4) is 0 Å². The summed E-state index contributed by atoms with van der Waals surface area (Å²) in [7, 11) is 0. The zero-order valence-electron chi connectivity index (χ0n) is 19.4. The molecule has 0 saturated carbocycles. The molecule has 0 amide bonds. The average molecular weight is 484 g/mol. The topological polar surface area (TPSA) is 126 Å². The third kappa shape index (κ3) is 8.41. The van der Waals surface area contributed by atoms with Gasteiger partial charge >= 0.3 is 0 Å². The summed E-state index contributed by atoms with van der Waals surface area (Å²) in [5, 5.41) is 41.0. The summed E-state index contributed by atoms with van der Waals surface area (Å²) < 4.78 is 0. The normalized spacial score (nSPS) is 12.5. The number of hydrogen-bond donors (Lipinski definition) is 0. The Hall–Kier alpha value is -2.51. The van der Waals surface area contributed by atoms with E-state index in [9.17, 15) is 19.8 Å². The SMILES string of the molecule is CC(=O)C1=C([O-])c2ccccc2C1.CC(=O)C1=C([O-])c2ccccc2C1.CC[O-].CC[O-].[Ti]. The second-order valence-electron chi connectivity index (χ2n) is 6.97. The van der Waals surface area contributed by atoms with Crippen LogP contribution >= 0.6 is 0 Å². The number of fused-ring (bicyclic) bond motifs is 2. The molecule has 0 aromatic heterocycles. The summed E-state index contributed by atoms with van der Waals surface area (Å²) in [5.74, 6) is -0.409. The number of benzene rings is 2. The fourth-order valence-corrected chi connectivity index (χ4v) is 3.23. The van der Waals surface area contributed by atoms with Crippen molar-refractivity contribution in [1.29, 1.82) is 0 Å². The Kier molecular flexibility index (Phi) is 14.2. The van der Waals surface area contributed by atoms with Crippen molar-refractivity contribution in [1.82, 2.24) is 0 Å². The van der Waals surface area contributed by atoms with Gasteiger partial charge in [0.25, 0.3) is 0 Å². The van der Waals surface area contributed by atoms with Gasteiger partial charge in [0.1, 0.15) is 0 Å². The smallest absolute Gasteiger partial charge is 0.155 e. The molecule has 0 atom stereocenters. The Morgan fingerprint density at radius 1 is 0.697 bits per heavy atom. The number of rotatable bonds is 2.